The van der Waals surface area contributed by atoms with Crippen molar-refractivity contribution in [3.63, 3.8) is 0 Å². The minimum atomic E-state index is -2.38. The van der Waals surface area contributed by atoms with Crippen LogP contribution in [0.25, 0.3) is 0 Å². The average Bonchev–Trinajstić information content (AvgIpc) is 2.82. The summed E-state index contributed by atoms with van der Waals surface area (Å²) in [5.41, 5.74) is 1.17. The molecule has 0 saturated carbocycles. The van der Waals surface area contributed by atoms with Crippen molar-refractivity contribution in [3.8, 4) is 5.75 Å². The maximum Gasteiger partial charge on any atom is 0.407 e. The zero-order valence-electron chi connectivity index (χ0n) is 25.3. The van der Waals surface area contributed by atoms with Gasteiger partial charge in [-0.3, -0.25) is 4.79 Å². The summed E-state index contributed by atoms with van der Waals surface area (Å²) in [6.07, 6.45) is -0.142. The van der Waals surface area contributed by atoms with Gasteiger partial charge in [-0.05, 0) is 93.6 Å². The maximum atomic E-state index is 13.0. The van der Waals surface area contributed by atoms with Gasteiger partial charge in [0.15, 0.2) is 8.32 Å². The molecule has 2 aromatic carbocycles. The normalized spacial score (nSPS) is 14.7. The number of carbonyl (C=O) groups excluding carboxylic acids is 1. The van der Waals surface area contributed by atoms with Crippen LogP contribution >= 0.6 is 15.9 Å². The van der Waals surface area contributed by atoms with Crippen molar-refractivity contribution in [1.29, 1.82) is 0 Å². The Morgan fingerprint density at radius 3 is 2.12 bits per heavy atom. The molecule has 9 heteroatoms. The second kappa shape index (κ2) is 14.0. The van der Waals surface area contributed by atoms with Crippen LogP contribution in [0.5, 0.6) is 5.75 Å². The number of carboxylic acid groups (broad SMARTS) is 1. The highest BCUT2D eigenvalue weighted by Gasteiger charge is 2.42. The largest absolute Gasteiger partial charge is 0.497 e. The van der Waals surface area contributed by atoms with Gasteiger partial charge >= 0.3 is 12.1 Å². The molecule has 0 heterocycles. The Labute approximate surface area is 249 Å². The van der Waals surface area contributed by atoms with E-state index in [0.29, 0.717) is 18.6 Å². The third-order valence-electron chi connectivity index (χ3n) is 7.25. The van der Waals surface area contributed by atoms with Crippen LogP contribution in [0.2, 0.25) is 18.1 Å². The number of carbonyl (C=O) groups is 2. The van der Waals surface area contributed by atoms with E-state index in [1.807, 2.05) is 69.3 Å². The number of benzene rings is 2. The fourth-order valence-electron chi connectivity index (χ4n) is 4.09. The van der Waals surface area contributed by atoms with Gasteiger partial charge < -0.3 is 24.3 Å². The number of rotatable bonds is 12. The number of carboxylic acids is 1. The van der Waals surface area contributed by atoms with E-state index in [4.69, 9.17) is 13.9 Å². The van der Waals surface area contributed by atoms with Crippen LogP contribution in [0.1, 0.15) is 59.1 Å². The van der Waals surface area contributed by atoms with Crippen molar-refractivity contribution >= 4 is 36.3 Å². The highest BCUT2D eigenvalue weighted by atomic mass is 79.9. The summed E-state index contributed by atoms with van der Waals surface area (Å²) in [5.74, 6) is -0.976. The molecule has 40 heavy (non-hydrogen) atoms. The first-order valence-corrected chi connectivity index (χ1v) is 17.4. The minimum Gasteiger partial charge on any atom is -0.497 e. The lowest BCUT2D eigenvalue weighted by molar-refractivity contribution is -0.142. The molecule has 1 amide bonds. The van der Waals surface area contributed by atoms with E-state index in [9.17, 15) is 14.7 Å². The van der Waals surface area contributed by atoms with Crippen molar-refractivity contribution in [1.82, 2.24) is 5.32 Å². The molecule has 222 valence electrons. The molecule has 0 unspecified atom stereocenters. The van der Waals surface area contributed by atoms with E-state index in [-0.39, 0.29) is 11.5 Å². The van der Waals surface area contributed by atoms with Gasteiger partial charge in [0.05, 0.1) is 25.2 Å². The van der Waals surface area contributed by atoms with Gasteiger partial charge in [-0.2, -0.15) is 0 Å². The SMILES string of the molecule is COc1cccc(C[C@H](C[C@H](O[Si](C)(C)C(C)(C)C)[C@H](Cc2ccc(Br)cc2)NC(=O)OC(C)(C)C)C(=O)O)c1. The van der Waals surface area contributed by atoms with Gasteiger partial charge in [0.1, 0.15) is 11.4 Å². The Balaban J connectivity index is 2.51. The Hall–Kier alpha value is -2.36. The van der Waals surface area contributed by atoms with Crippen LogP contribution in [0.3, 0.4) is 0 Å². The second-order valence-electron chi connectivity index (χ2n) is 12.8. The minimum absolute atomic E-state index is 0.120. The molecule has 2 aromatic rings. The predicted molar refractivity (Wildman–Crippen MR) is 166 cm³/mol. The molecule has 7 nitrogen and oxygen atoms in total. The summed E-state index contributed by atoms with van der Waals surface area (Å²) in [6.45, 7) is 16.2. The predicted octanol–water partition coefficient (Wildman–Crippen LogP) is 7.62. The van der Waals surface area contributed by atoms with Crippen LogP contribution in [0.15, 0.2) is 53.0 Å². The Bertz CT molecular complexity index is 1120. The molecule has 3 atom stereocenters. The number of hydrogen-bond acceptors (Lipinski definition) is 5. The number of nitrogens with one attached hydrogen (secondary N) is 1. The first kappa shape index (κ1) is 33.8. The van der Waals surface area contributed by atoms with E-state index in [1.54, 1.807) is 7.11 Å². The number of alkyl carbamates (subject to hydrolysis) is 1. The van der Waals surface area contributed by atoms with Gasteiger partial charge in [-0.15, -0.1) is 0 Å². The molecule has 0 aliphatic carbocycles. The number of hydrogen-bond donors (Lipinski definition) is 2. The summed E-state index contributed by atoms with van der Waals surface area (Å²) < 4.78 is 18.8. The van der Waals surface area contributed by atoms with Crippen molar-refractivity contribution < 1.29 is 28.6 Å². The lowest BCUT2D eigenvalue weighted by Crippen LogP contribution is -2.54. The van der Waals surface area contributed by atoms with Crippen LogP contribution < -0.4 is 10.1 Å². The average molecular weight is 637 g/mol. The lowest BCUT2D eigenvalue weighted by Gasteiger charge is -2.42. The molecule has 2 N–H and O–H groups in total. The van der Waals surface area contributed by atoms with Crippen molar-refractivity contribution in [3.05, 3.63) is 64.1 Å². The van der Waals surface area contributed by atoms with Crippen molar-refractivity contribution in [2.24, 2.45) is 5.92 Å². The van der Waals surface area contributed by atoms with Crippen LogP contribution in [0, 0.1) is 5.92 Å². The third-order valence-corrected chi connectivity index (χ3v) is 12.3. The van der Waals surface area contributed by atoms with Gasteiger partial charge in [0.2, 0.25) is 0 Å². The van der Waals surface area contributed by atoms with Gasteiger partial charge in [0.25, 0.3) is 0 Å². The number of methoxy groups -OCH3 is 1. The highest BCUT2D eigenvalue weighted by Crippen LogP contribution is 2.39. The fraction of sp³-hybridized carbons (Fsp3) is 0.548. The first-order valence-electron chi connectivity index (χ1n) is 13.7. The summed E-state index contributed by atoms with van der Waals surface area (Å²) in [6, 6.07) is 14.8. The summed E-state index contributed by atoms with van der Waals surface area (Å²) in [5, 5.41) is 13.2. The monoisotopic (exact) mass is 635 g/mol. The number of aliphatic carboxylic acids is 1. The molecular formula is C31H46BrNO6Si. The van der Waals surface area contributed by atoms with Gasteiger partial charge in [0, 0.05) is 4.47 Å². The van der Waals surface area contributed by atoms with Crippen LogP contribution in [0.4, 0.5) is 4.79 Å². The lowest BCUT2D eigenvalue weighted by atomic mass is 9.89. The molecule has 2 rings (SSSR count). The van der Waals surface area contributed by atoms with E-state index < -0.39 is 44.0 Å². The van der Waals surface area contributed by atoms with Gasteiger partial charge in [-0.1, -0.05) is 61.0 Å². The molecule has 0 aliphatic rings. The van der Waals surface area contributed by atoms with E-state index in [1.165, 1.54) is 0 Å². The Morgan fingerprint density at radius 2 is 1.60 bits per heavy atom. The molecule has 0 aromatic heterocycles. The van der Waals surface area contributed by atoms with Crippen LogP contribution in [-0.2, 0) is 26.8 Å². The van der Waals surface area contributed by atoms with E-state index in [2.05, 4.69) is 55.1 Å². The van der Waals surface area contributed by atoms with E-state index in [0.717, 1.165) is 15.6 Å². The van der Waals surface area contributed by atoms with Gasteiger partial charge in [-0.25, -0.2) is 4.79 Å². The number of ether oxygens (including phenoxy) is 2. The molecular weight excluding hydrogens is 590 g/mol. The van der Waals surface area contributed by atoms with E-state index >= 15 is 0 Å². The number of amides is 1. The first-order chi connectivity index (χ1) is 18.4. The summed E-state index contributed by atoms with van der Waals surface area (Å²) in [4.78, 5) is 25.6. The zero-order valence-corrected chi connectivity index (χ0v) is 27.9. The Kier molecular flexibility index (Phi) is 11.8. The maximum absolute atomic E-state index is 13.0. The molecule has 0 fully saturated rings. The molecule has 0 radical (unpaired) electrons. The fourth-order valence-corrected chi connectivity index (χ4v) is 5.73. The molecule has 0 aliphatic heterocycles. The Morgan fingerprint density at radius 1 is 0.975 bits per heavy atom. The van der Waals surface area contributed by atoms with Crippen molar-refractivity contribution in [2.75, 3.05) is 7.11 Å². The molecule has 0 bridgehead atoms. The highest BCUT2D eigenvalue weighted by molar-refractivity contribution is 9.10. The summed E-state index contributed by atoms with van der Waals surface area (Å²) >= 11 is 3.48. The number of halogens is 1. The molecule has 0 spiro atoms. The smallest absolute Gasteiger partial charge is 0.407 e. The zero-order chi connectivity index (χ0) is 30.3. The van der Waals surface area contributed by atoms with Crippen molar-refractivity contribution in [2.45, 2.75) is 96.7 Å². The topological polar surface area (TPSA) is 94.1 Å². The second-order valence-corrected chi connectivity index (χ2v) is 18.5. The molecule has 0 saturated heterocycles. The third kappa shape index (κ3) is 10.9. The van der Waals surface area contributed by atoms with Crippen LogP contribution in [-0.4, -0.2) is 50.3 Å². The quantitative estimate of drug-likeness (QED) is 0.233. The standard InChI is InChI=1S/C31H46BrNO6Si/c1-30(2,3)38-29(36)33-26(19-21-13-15-24(32)16-14-21)27(39-40(8,9)31(4,5)6)20-23(28(34)35)17-22-11-10-12-25(18-22)37-7/h10-16,18,23,26-27H,17,19-20H2,1-9H3,(H,33,36)(H,34,35)/t23-,26+,27+/m1/s1. The summed E-state index contributed by atoms with van der Waals surface area (Å²) in [7, 11) is -0.786.